The Bertz CT molecular complexity index is 660. The molecule has 1 aromatic carbocycles. The van der Waals surface area contributed by atoms with E-state index in [2.05, 4.69) is 4.74 Å². The van der Waals surface area contributed by atoms with Crippen molar-refractivity contribution in [3.05, 3.63) is 35.4 Å². The van der Waals surface area contributed by atoms with Gasteiger partial charge in [0, 0.05) is 32.5 Å². The second kappa shape index (κ2) is 7.69. The Hall–Kier alpha value is -1.78. The molecule has 0 N–H and O–H groups in total. The zero-order valence-corrected chi connectivity index (χ0v) is 14.2. The van der Waals surface area contributed by atoms with E-state index in [1.807, 2.05) is 0 Å². The maximum atomic E-state index is 13.6. The molecule has 0 aromatic heterocycles. The highest BCUT2D eigenvalue weighted by atomic mass is 19.4. The molecule has 1 aromatic rings. The van der Waals surface area contributed by atoms with Crippen LogP contribution in [0, 0.1) is 11.6 Å². The van der Waals surface area contributed by atoms with E-state index in [0.717, 1.165) is 18.2 Å². The standard InChI is InChI=1S/C17H18F5NO4/c18-11-2-1-3-12(19)14(11)15(24)27-13(17(20,21)22)10-23-6-4-16(5-7-23)25-8-9-26-16/h1-3,13H,4-10H2. The Kier molecular flexibility index (Phi) is 5.68. The van der Waals surface area contributed by atoms with Crippen LogP contribution in [0.3, 0.4) is 0 Å². The van der Waals surface area contributed by atoms with Crippen LogP contribution in [0.1, 0.15) is 23.2 Å². The van der Waals surface area contributed by atoms with Gasteiger partial charge in [-0.1, -0.05) is 6.07 Å². The van der Waals surface area contributed by atoms with Crippen LogP contribution >= 0.6 is 0 Å². The van der Waals surface area contributed by atoms with Gasteiger partial charge in [-0.25, -0.2) is 13.6 Å². The monoisotopic (exact) mass is 395 g/mol. The lowest BCUT2D eigenvalue weighted by atomic mass is 10.0. The van der Waals surface area contributed by atoms with Crippen molar-refractivity contribution in [1.82, 2.24) is 4.90 Å². The molecule has 5 nitrogen and oxygen atoms in total. The van der Waals surface area contributed by atoms with Crippen LogP contribution in [0.4, 0.5) is 22.0 Å². The fraction of sp³-hybridized carbons (Fsp3) is 0.588. The van der Waals surface area contributed by atoms with Crippen LogP contribution in [-0.4, -0.2) is 61.8 Å². The molecule has 2 aliphatic rings. The number of esters is 1. The molecule has 3 rings (SSSR count). The Labute approximate surface area is 152 Å². The van der Waals surface area contributed by atoms with E-state index in [-0.39, 0.29) is 13.1 Å². The third-order valence-electron chi connectivity index (χ3n) is 4.64. The number of hydrogen-bond acceptors (Lipinski definition) is 5. The maximum absolute atomic E-state index is 13.6. The molecule has 0 bridgehead atoms. The van der Waals surface area contributed by atoms with Crippen molar-refractivity contribution in [2.75, 3.05) is 32.8 Å². The molecule has 2 saturated heterocycles. The molecule has 2 fully saturated rings. The second-order valence-electron chi connectivity index (χ2n) is 6.44. The number of alkyl halides is 3. The van der Waals surface area contributed by atoms with Crippen LogP contribution in [0.15, 0.2) is 18.2 Å². The number of likely N-dealkylation sites (tertiary alicyclic amines) is 1. The van der Waals surface area contributed by atoms with Gasteiger partial charge < -0.3 is 14.2 Å². The van der Waals surface area contributed by atoms with Gasteiger partial charge in [0.05, 0.1) is 13.2 Å². The number of piperidine rings is 1. The van der Waals surface area contributed by atoms with E-state index < -0.39 is 47.8 Å². The molecule has 0 radical (unpaired) electrons. The Balaban J connectivity index is 1.65. The SMILES string of the molecule is O=C(OC(CN1CCC2(CC1)OCCO2)C(F)(F)F)c1c(F)cccc1F. The number of benzene rings is 1. The summed E-state index contributed by atoms with van der Waals surface area (Å²) in [6.45, 7) is 0.742. The quantitative estimate of drug-likeness (QED) is 0.580. The smallest absolute Gasteiger partial charge is 0.426 e. The summed E-state index contributed by atoms with van der Waals surface area (Å²) in [6.07, 6.45) is -6.63. The van der Waals surface area contributed by atoms with E-state index in [4.69, 9.17) is 9.47 Å². The van der Waals surface area contributed by atoms with Crippen molar-refractivity contribution in [2.45, 2.75) is 30.9 Å². The van der Waals surface area contributed by atoms with Gasteiger partial charge in [0.25, 0.3) is 0 Å². The highest BCUT2D eigenvalue weighted by molar-refractivity contribution is 5.90. The molecule has 2 heterocycles. The molecule has 2 aliphatic heterocycles. The van der Waals surface area contributed by atoms with Crippen molar-refractivity contribution >= 4 is 5.97 Å². The first-order valence-electron chi connectivity index (χ1n) is 8.42. The van der Waals surface area contributed by atoms with Crippen molar-refractivity contribution in [3.8, 4) is 0 Å². The molecular formula is C17H18F5NO4. The van der Waals surface area contributed by atoms with Crippen LogP contribution < -0.4 is 0 Å². The first-order chi connectivity index (χ1) is 12.7. The van der Waals surface area contributed by atoms with E-state index in [1.54, 1.807) is 0 Å². The molecule has 150 valence electrons. The highest BCUT2D eigenvalue weighted by Crippen LogP contribution is 2.33. The van der Waals surface area contributed by atoms with Gasteiger partial charge in [-0.15, -0.1) is 0 Å². The summed E-state index contributed by atoms with van der Waals surface area (Å²) in [5.74, 6) is -5.01. The Morgan fingerprint density at radius 2 is 1.70 bits per heavy atom. The highest BCUT2D eigenvalue weighted by Gasteiger charge is 2.46. The maximum Gasteiger partial charge on any atom is 0.426 e. The molecule has 0 aliphatic carbocycles. The normalized spacial score (nSPS) is 21.4. The number of halogens is 5. The van der Waals surface area contributed by atoms with E-state index in [0.29, 0.717) is 26.1 Å². The van der Waals surface area contributed by atoms with Crippen LogP contribution in [-0.2, 0) is 14.2 Å². The summed E-state index contributed by atoms with van der Waals surface area (Å²) >= 11 is 0. The topological polar surface area (TPSA) is 48.0 Å². The molecule has 1 atom stereocenters. The summed E-state index contributed by atoms with van der Waals surface area (Å²) in [6, 6.07) is 2.54. The van der Waals surface area contributed by atoms with Gasteiger partial charge in [0.1, 0.15) is 17.2 Å². The largest absolute Gasteiger partial charge is 0.448 e. The molecular weight excluding hydrogens is 377 g/mol. The lowest BCUT2D eigenvalue weighted by Gasteiger charge is -2.38. The van der Waals surface area contributed by atoms with Crippen LogP contribution in [0.5, 0.6) is 0 Å². The second-order valence-corrected chi connectivity index (χ2v) is 6.44. The number of hydrogen-bond donors (Lipinski definition) is 0. The number of ether oxygens (including phenoxy) is 3. The summed E-state index contributed by atoms with van der Waals surface area (Å²) < 4.78 is 82.6. The van der Waals surface area contributed by atoms with Gasteiger partial charge in [-0.05, 0) is 12.1 Å². The molecule has 1 spiro atoms. The lowest BCUT2D eigenvalue weighted by molar-refractivity contribution is -0.217. The summed E-state index contributed by atoms with van der Waals surface area (Å²) in [5, 5.41) is 0. The molecule has 0 saturated carbocycles. The summed E-state index contributed by atoms with van der Waals surface area (Å²) in [5.41, 5.74) is -1.14. The Morgan fingerprint density at radius 3 is 2.22 bits per heavy atom. The molecule has 27 heavy (non-hydrogen) atoms. The van der Waals surface area contributed by atoms with E-state index >= 15 is 0 Å². The fourth-order valence-corrected chi connectivity index (χ4v) is 3.19. The van der Waals surface area contributed by atoms with E-state index in [1.165, 1.54) is 4.90 Å². The summed E-state index contributed by atoms with van der Waals surface area (Å²) in [7, 11) is 0. The predicted molar refractivity (Wildman–Crippen MR) is 81.9 cm³/mol. The number of carbonyl (C=O) groups excluding carboxylic acids is 1. The van der Waals surface area contributed by atoms with Crippen LogP contribution in [0.2, 0.25) is 0 Å². The van der Waals surface area contributed by atoms with Gasteiger partial charge in [0.15, 0.2) is 5.79 Å². The van der Waals surface area contributed by atoms with Crippen molar-refractivity contribution in [3.63, 3.8) is 0 Å². The third kappa shape index (κ3) is 4.56. The minimum Gasteiger partial charge on any atom is -0.448 e. The third-order valence-corrected chi connectivity index (χ3v) is 4.64. The number of rotatable bonds is 4. The lowest BCUT2D eigenvalue weighted by Crippen LogP contribution is -2.50. The molecule has 1 unspecified atom stereocenters. The fourth-order valence-electron chi connectivity index (χ4n) is 3.19. The first-order valence-corrected chi connectivity index (χ1v) is 8.42. The average Bonchev–Trinajstić information content (AvgIpc) is 3.03. The summed E-state index contributed by atoms with van der Waals surface area (Å²) in [4.78, 5) is 13.4. The van der Waals surface area contributed by atoms with Gasteiger partial charge in [-0.2, -0.15) is 13.2 Å². The number of nitrogens with zero attached hydrogens (tertiary/aromatic N) is 1. The average molecular weight is 395 g/mol. The zero-order chi connectivity index (χ0) is 19.7. The van der Waals surface area contributed by atoms with Crippen molar-refractivity contribution < 1.29 is 41.0 Å². The minimum atomic E-state index is -4.88. The number of carbonyl (C=O) groups is 1. The van der Waals surface area contributed by atoms with Crippen LogP contribution in [0.25, 0.3) is 0 Å². The van der Waals surface area contributed by atoms with Crippen molar-refractivity contribution in [1.29, 1.82) is 0 Å². The molecule has 10 heteroatoms. The van der Waals surface area contributed by atoms with Gasteiger partial charge >= 0.3 is 12.1 Å². The van der Waals surface area contributed by atoms with Crippen molar-refractivity contribution in [2.24, 2.45) is 0 Å². The van der Waals surface area contributed by atoms with Gasteiger partial charge in [0.2, 0.25) is 6.10 Å². The zero-order valence-electron chi connectivity index (χ0n) is 14.2. The first kappa shape index (κ1) is 20.0. The van der Waals surface area contributed by atoms with Gasteiger partial charge in [-0.3, -0.25) is 4.90 Å². The van der Waals surface area contributed by atoms with E-state index in [9.17, 15) is 26.7 Å². The predicted octanol–water partition coefficient (Wildman–Crippen LogP) is 2.89. The minimum absolute atomic E-state index is 0.248. The Morgan fingerprint density at radius 1 is 1.15 bits per heavy atom. The molecule has 0 amide bonds.